The molecule has 228 valence electrons. The van der Waals surface area contributed by atoms with E-state index in [-0.39, 0.29) is 29.7 Å². The van der Waals surface area contributed by atoms with Crippen LogP contribution in [0.2, 0.25) is 0 Å². The van der Waals surface area contributed by atoms with Crippen molar-refractivity contribution in [2.45, 2.75) is 50.6 Å². The summed E-state index contributed by atoms with van der Waals surface area (Å²) >= 11 is 0. The zero-order valence-electron chi connectivity index (χ0n) is 25.2. The molecular formula is C32H37N9O3. The zero-order chi connectivity index (χ0) is 30.4. The van der Waals surface area contributed by atoms with Gasteiger partial charge in [0.05, 0.1) is 29.3 Å². The van der Waals surface area contributed by atoms with Crippen molar-refractivity contribution in [2.75, 3.05) is 36.9 Å². The van der Waals surface area contributed by atoms with E-state index >= 15 is 0 Å². The molecule has 3 aliphatic heterocycles. The fraction of sp³-hybridized carbons (Fsp3) is 0.406. The Morgan fingerprint density at radius 1 is 1.02 bits per heavy atom. The fourth-order valence-electron chi connectivity index (χ4n) is 6.63. The lowest BCUT2D eigenvalue weighted by Gasteiger charge is -2.46. The van der Waals surface area contributed by atoms with Crippen LogP contribution in [0, 0.1) is 0 Å². The van der Waals surface area contributed by atoms with Crippen LogP contribution in [0.5, 0.6) is 0 Å². The van der Waals surface area contributed by atoms with Gasteiger partial charge in [0, 0.05) is 30.8 Å². The minimum absolute atomic E-state index is 0.0464. The standard InChI is InChI=1S/C32H37N9O3/c1-20(2)41-28-22(30(43)39(41)3)9-10-26(36-28)35-27-17-24(34-25(19-42)21-7-5-4-6-8-21)23(18-33-27)29-37-31(38-44-29)32-11-14-40(15-12-32)16-13-32/h4-10,17-18,20,25,42H,11-16,19H2,1-3H3,(H2,33,34,35,36)/t25-/m1/s1. The van der Waals surface area contributed by atoms with Crippen molar-refractivity contribution < 1.29 is 9.63 Å². The SMILES string of the molecule is CC(C)n1c2nc(Nc3cc(N[C@H](CO)c4ccccc4)c(-c4nc(C56CCN(CC5)CC6)no4)cn3)ccc2c(=O)n1C. The molecule has 3 N–H and O–H groups in total. The van der Waals surface area contributed by atoms with Crippen LogP contribution >= 0.6 is 0 Å². The van der Waals surface area contributed by atoms with Gasteiger partial charge in [-0.3, -0.25) is 14.2 Å². The van der Waals surface area contributed by atoms with E-state index in [1.165, 1.54) is 0 Å². The molecule has 44 heavy (non-hydrogen) atoms. The molecule has 7 heterocycles. The second-order valence-electron chi connectivity index (χ2n) is 12.2. The summed E-state index contributed by atoms with van der Waals surface area (Å²) in [5.74, 6) is 2.23. The maximum absolute atomic E-state index is 12.8. The largest absolute Gasteiger partial charge is 0.394 e. The fourth-order valence-corrected chi connectivity index (χ4v) is 6.63. The van der Waals surface area contributed by atoms with E-state index in [0.29, 0.717) is 39.8 Å². The van der Waals surface area contributed by atoms with Crippen molar-refractivity contribution in [3.05, 3.63) is 76.5 Å². The highest BCUT2D eigenvalue weighted by Gasteiger charge is 2.44. The Hall–Kier alpha value is -4.55. The minimum atomic E-state index is -0.381. The van der Waals surface area contributed by atoms with Crippen LogP contribution in [0.4, 0.5) is 17.3 Å². The maximum Gasteiger partial charge on any atom is 0.275 e. The Morgan fingerprint density at radius 2 is 1.77 bits per heavy atom. The molecule has 3 fully saturated rings. The first-order chi connectivity index (χ1) is 21.3. The van der Waals surface area contributed by atoms with E-state index in [4.69, 9.17) is 14.5 Å². The Morgan fingerprint density at radius 3 is 2.48 bits per heavy atom. The van der Waals surface area contributed by atoms with Crippen LogP contribution in [-0.2, 0) is 12.5 Å². The molecule has 0 aliphatic carbocycles. The van der Waals surface area contributed by atoms with Gasteiger partial charge in [-0.15, -0.1) is 0 Å². The minimum Gasteiger partial charge on any atom is -0.394 e. The lowest BCUT2D eigenvalue weighted by Crippen LogP contribution is -2.51. The Labute approximate surface area is 254 Å². The number of aromatic nitrogens is 6. The maximum atomic E-state index is 12.8. The van der Waals surface area contributed by atoms with Crippen LogP contribution in [-0.4, -0.2) is 65.7 Å². The van der Waals surface area contributed by atoms with Gasteiger partial charge in [-0.25, -0.2) is 9.97 Å². The predicted octanol–water partition coefficient (Wildman–Crippen LogP) is 4.39. The lowest BCUT2D eigenvalue weighted by molar-refractivity contribution is 0.0747. The molecular weight excluding hydrogens is 558 g/mol. The number of nitrogens with zero attached hydrogens (tertiary/aromatic N) is 7. The molecule has 0 unspecified atom stereocenters. The summed E-state index contributed by atoms with van der Waals surface area (Å²) in [7, 11) is 1.75. The highest BCUT2D eigenvalue weighted by Crippen LogP contribution is 2.42. The van der Waals surface area contributed by atoms with Gasteiger partial charge in [-0.05, 0) is 70.4 Å². The van der Waals surface area contributed by atoms with Gasteiger partial charge in [-0.1, -0.05) is 35.5 Å². The molecule has 12 nitrogen and oxygen atoms in total. The van der Waals surface area contributed by atoms with Crippen molar-refractivity contribution in [2.24, 2.45) is 7.05 Å². The van der Waals surface area contributed by atoms with Gasteiger partial charge in [0.2, 0.25) is 0 Å². The lowest BCUT2D eigenvalue weighted by atomic mass is 9.71. The van der Waals surface area contributed by atoms with E-state index in [0.717, 1.165) is 50.3 Å². The number of fused-ring (bicyclic) bond motifs is 4. The molecule has 1 aromatic carbocycles. The summed E-state index contributed by atoms with van der Waals surface area (Å²) in [6.45, 7) is 7.09. The number of hydrogen-bond donors (Lipinski definition) is 3. The van der Waals surface area contributed by atoms with Crippen molar-refractivity contribution in [1.82, 2.24) is 34.4 Å². The van der Waals surface area contributed by atoms with Crippen molar-refractivity contribution >= 4 is 28.4 Å². The quantitative estimate of drug-likeness (QED) is 0.225. The Kier molecular flexibility index (Phi) is 7.17. The van der Waals surface area contributed by atoms with E-state index in [1.807, 2.05) is 54.9 Å². The van der Waals surface area contributed by atoms with Gasteiger partial charge < -0.3 is 25.2 Å². The number of aliphatic hydroxyl groups is 1. The van der Waals surface area contributed by atoms with Crippen molar-refractivity contribution in [3.63, 3.8) is 0 Å². The number of aliphatic hydroxyl groups excluding tert-OH is 1. The third-order valence-corrected chi connectivity index (χ3v) is 9.15. The number of benzene rings is 1. The molecule has 3 aliphatic rings. The highest BCUT2D eigenvalue weighted by molar-refractivity contribution is 5.79. The summed E-state index contributed by atoms with van der Waals surface area (Å²) in [4.78, 5) is 29.6. The number of nitrogens with one attached hydrogen (secondary N) is 2. The monoisotopic (exact) mass is 595 g/mol. The third kappa shape index (κ3) is 4.93. The van der Waals surface area contributed by atoms with Gasteiger partial charge >= 0.3 is 0 Å². The molecule has 8 rings (SSSR count). The molecule has 3 saturated heterocycles. The summed E-state index contributed by atoms with van der Waals surface area (Å²) in [5, 5.41) is 22.2. The van der Waals surface area contributed by atoms with Crippen LogP contribution in [0.15, 0.2) is 64.0 Å². The first-order valence-electron chi connectivity index (χ1n) is 15.2. The topological polar surface area (TPSA) is 139 Å². The summed E-state index contributed by atoms with van der Waals surface area (Å²) in [6, 6.07) is 14.9. The second kappa shape index (κ2) is 11.2. The molecule has 0 spiro atoms. The average Bonchev–Trinajstić information content (AvgIpc) is 3.65. The van der Waals surface area contributed by atoms with Gasteiger partial charge in [-0.2, -0.15) is 4.98 Å². The molecule has 0 radical (unpaired) electrons. The second-order valence-corrected chi connectivity index (χ2v) is 12.2. The van der Waals surface area contributed by atoms with Gasteiger partial charge in [0.15, 0.2) is 11.5 Å². The Bertz CT molecular complexity index is 1840. The summed E-state index contributed by atoms with van der Waals surface area (Å²) in [5.41, 5.74) is 2.73. The summed E-state index contributed by atoms with van der Waals surface area (Å²) < 4.78 is 9.35. The molecule has 4 aromatic heterocycles. The average molecular weight is 596 g/mol. The molecule has 5 aromatic rings. The number of anilines is 3. The van der Waals surface area contributed by atoms with Gasteiger partial charge in [0.1, 0.15) is 11.6 Å². The molecule has 0 amide bonds. The zero-order valence-corrected chi connectivity index (χ0v) is 25.2. The van der Waals surface area contributed by atoms with Gasteiger partial charge in [0.25, 0.3) is 11.4 Å². The number of hydrogen-bond acceptors (Lipinski definition) is 10. The summed E-state index contributed by atoms with van der Waals surface area (Å²) in [6.07, 6.45) is 4.79. The third-order valence-electron chi connectivity index (χ3n) is 9.15. The van der Waals surface area contributed by atoms with Crippen LogP contribution < -0.4 is 16.2 Å². The van der Waals surface area contributed by atoms with Crippen LogP contribution in [0.3, 0.4) is 0 Å². The van der Waals surface area contributed by atoms with Crippen molar-refractivity contribution in [3.8, 4) is 11.5 Å². The van der Waals surface area contributed by atoms with Crippen LogP contribution in [0.1, 0.15) is 56.6 Å². The Balaban J connectivity index is 1.25. The molecule has 1 atom stereocenters. The normalized spacial score (nSPS) is 20.3. The predicted molar refractivity (Wildman–Crippen MR) is 168 cm³/mol. The van der Waals surface area contributed by atoms with E-state index in [2.05, 4.69) is 25.7 Å². The van der Waals surface area contributed by atoms with E-state index in [1.54, 1.807) is 30.1 Å². The first kappa shape index (κ1) is 28.2. The molecule has 2 bridgehead atoms. The first-order valence-corrected chi connectivity index (χ1v) is 15.2. The smallest absolute Gasteiger partial charge is 0.275 e. The van der Waals surface area contributed by atoms with Crippen molar-refractivity contribution in [1.29, 1.82) is 0 Å². The number of pyridine rings is 2. The number of rotatable bonds is 9. The highest BCUT2D eigenvalue weighted by atomic mass is 16.5. The molecule has 0 saturated carbocycles. The van der Waals surface area contributed by atoms with E-state index < -0.39 is 0 Å². The number of piperidine rings is 3. The van der Waals surface area contributed by atoms with E-state index in [9.17, 15) is 9.90 Å². The molecule has 12 heteroatoms. The van der Waals surface area contributed by atoms with Crippen LogP contribution in [0.25, 0.3) is 22.5 Å².